The van der Waals surface area contributed by atoms with E-state index >= 15 is 0 Å². The van der Waals surface area contributed by atoms with Crippen molar-refractivity contribution < 1.29 is 4.84 Å². The molecule has 16 heavy (non-hydrogen) atoms. The molecule has 0 radical (unpaired) electrons. The first-order valence-corrected chi connectivity index (χ1v) is 6.14. The Kier molecular flexibility index (Phi) is 3.97. The first-order valence-electron chi connectivity index (χ1n) is 6.14. The van der Waals surface area contributed by atoms with E-state index in [1.165, 1.54) is 24.1 Å². The molecule has 0 aliphatic carbocycles. The van der Waals surface area contributed by atoms with Gasteiger partial charge in [-0.05, 0) is 18.4 Å². The summed E-state index contributed by atoms with van der Waals surface area (Å²) in [6.07, 6.45) is 5.88. The number of unbranched alkanes of at least 4 members (excludes halogenated alkanes) is 1. The third-order valence-corrected chi connectivity index (χ3v) is 2.92. The van der Waals surface area contributed by atoms with Gasteiger partial charge in [0, 0.05) is 12.8 Å². The molecule has 0 saturated heterocycles. The average molecular weight is 217 g/mol. The molecule has 1 aromatic rings. The van der Waals surface area contributed by atoms with E-state index in [-0.39, 0.29) is 0 Å². The van der Waals surface area contributed by atoms with Crippen LogP contribution in [0.15, 0.2) is 35.5 Å². The molecule has 1 aliphatic rings. The summed E-state index contributed by atoms with van der Waals surface area (Å²) in [5.74, 6) is 0. The standard InChI is InChI=1S/C14H19NO/c1-2-3-9-14-11-13(15-16-14)10-12-7-5-4-6-8-12/h4-8,14H,2-3,9-11H2,1H3. The summed E-state index contributed by atoms with van der Waals surface area (Å²) in [5.41, 5.74) is 2.51. The average Bonchev–Trinajstić information content (AvgIpc) is 2.75. The summed E-state index contributed by atoms with van der Waals surface area (Å²) in [5, 5.41) is 4.18. The summed E-state index contributed by atoms with van der Waals surface area (Å²) in [6.45, 7) is 2.21. The fourth-order valence-corrected chi connectivity index (χ4v) is 2.01. The summed E-state index contributed by atoms with van der Waals surface area (Å²) < 4.78 is 0. The van der Waals surface area contributed by atoms with Crippen molar-refractivity contribution in [3.63, 3.8) is 0 Å². The molecule has 1 heterocycles. The van der Waals surface area contributed by atoms with E-state index in [1.807, 2.05) is 6.07 Å². The molecule has 0 N–H and O–H groups in total. The monoisotopic (exact) mass is 217 g/mol. The minimum atomic E-state index is 0.332. The first-order chi connectivity index (χ1) is 7.88. The van der Waals surface area contributed by atoms with E-state index in [1.54, 1.807) is 0 Å². The van der Waals surface area contributed by atoms with E-state index in [0.717, 1.165) is 19.3 Å². The lowest BCUT2D eigenvalue weighted by Gasteiger charge is -2.05. The van der Waals surface area contributed by atoms with Crippen LogP contribution in [0.1, 0.15) is 38.2 Å². The van der Waals surface area contributed by atoms with E-state index in [4.69, 9.17) is 4.84 Å². The van der Waals surface area contributed by atoms with E-state index < -0.39 is 0 Å². The number of oxime groups is 1. The van der Waals surface area contributed by atoms with Crippen molar-refractivity contribution in [3.8, 4) is 0 Å². The van der Waals surface area contributed by atoms with Gasteiger partial charge in [0.1, 0.15) is 6.10 Å². The Morgan fingerprint density at radius 1 is 1.31 bits per heavy atom. The molecule has 0 bridgehead atoms. The zero-order valence-corrected chi connectivity index (χ0v) is 9.86. The van der Waals surface area contributed by atoms with E-state index in [2.05, 4.69) is 36.3 Å². The Hall–Kier alpha value is -1.31. The van der Waals surface area contributed by atoms with Crippen molar-refractivity contribution in [3.05, 3.63) is 35.9 Å². The van der Waals surface area contributed by atoms with Gasteiger partial charge >= 0.3 is 0 Å². The van der Waals surface area contributed by atoms with Crippen LogP contribution in [-0.4, -0.2) is 11.8 Å². The molecule has 0 spiro atoms. The van der Waals surface area contributed by atoms with Crippen LogP contribution in [0, 0.1) is 0 Å². The van der Waals surface area contributed by atoms with Gasteiger partial charge in [0.05, 0.1) is 5.71 Å². The lowest BCUT2D eigenvalue weighted by Crippen LogP contribution is -2.08. The molecular formula is C14H19NO. The minimum Gasteiger partial charge on any atom is -0.392 e. The lowest BCUT2D eigenvalue weighted by molar-refractivity contribution is 0.0774. The van der Waals surface area contributed by atoms with Crippen LogP contribution in [0.2, 0.25) is 0 Å². The van der Waals surface area contributed by atoms with Crippen molar-refractivity contribution >= 4 is 5.71 Å². The zero-order valence-electron chi connectivity index (χ0n) is 9.86. The highest BCUT2D eigenvalue weighted by Crippen LogP contribution is 2.18. The van der Waals surface area contributed by atoms with Crippen molar-refractivity contribution in [2.75, 3.05) is 0 Å². The quantitative estimate of drug-likeness (QED) is 0.739. The minimum absolute atomic E-state index is 0.332. The van der Waals surface area contributed by atoms with E-state index in [9.17, 15) is 0 Å². The largest absolute Gasteiger partial charge is 0.392 e. The molecule has 86 valence electrons. The van der Waals surface area contributed by atoms with Gasteiger partial charge in [-0.25, -0.2) is 0 Å². The van der Waals surface area contributed by atoms with Crippen molar-refractivity contribution in [1.29, 1.82) is 0 Å². The molecule has 0 aromatic heterocycles. The fourth-order valence-electron chi connectivity index (χ4n) is 2.01. The number of benzene rings is 1. The zero-order chi connectivity index (χ0) is 11.2. The second-order valence-electron chi connectivity index (χ2n) is 4.39. The topological polar surface area (TPSA) is 21.6 Å². The summed E-state index contributed by atoms with van der Waals surface area (Å²) in [6, 6.07) is 10.5. The summed E-state index contributed by atoms with van der Waals surface area (Å²) >= 11 is 0. The molecular weight excluding hydrogens is 198 g/mol. The highest BCUT2D eigenvalue weighted by molar-refractivity contribution is 5.87. The molecule has 2 rings (SSSR count). The third kappa shape index (κ3) is 3.09. The Bertz CT molecular complexity index is 345. The summed E-state index contributed by atoms with van der Waals surface area (Å²) in [4.78, 5) is 5.43. The molecule has 1 aromatic carbocycles. The number of hydrogen-bond donors (Lipinski definition) is 0. The Morgan fingerprint density at radius 3 is 2.88 bits per heavy atom. The van der Waals surface area contributed by atoms with Gasteiger partial charge in [-0.1, -0.05) is 48.8 Å². The number of rotatable bonds is 5. The predicted molar refractivity (Wildman–Crippen MR) is 66.6 cm³/mol. The maximum atomic E-state index is 5.43. The Morgan fingerprint density at radius 2 is 2.12 bits per heavy atom. The van der Waals surface area contributed by atoms with Crippen molar-refractivity contribution in [2.24, 2.45) is 5.16 Å². The van der Waals surface area contributed by atoms with Crippen LogP contribution in [0.4, 0.5) is 0 Å². The van der Waals surface area contributed by atoms with Crippen molar-refractivity contribution in [1.82, 2.24) is 0 Å². The molecule has 1 unspecified atom stereocenters. The Labute approximate surface area is 97.3 Å². The normalized spacial score (nSPS) is 19.3. The van der Waals surface area contributed by atoms with Crippen molar-refractivity contribution in [2.45, 2.75) is 45.1 Å². The SMILES string of the molecule is CCCCC1CC(Cc2ccccc2)=NO1. The second kappa shape index (κ2) is 5.69. The van der Waals surface area contributed by atoms with Crippen LogP contribution in [0.3, 0.4) is 0 Å². The smallest absolute Gasteiger partial charge is 0.132 e. The van der Waals surface area contributed by atoms with Crippen LogP contribution < -0.4 is 0 Å². The third-order valence-electron chi connectivity index (χ3n) is 2.92. The lowest BCUT2D eigenvalue weighted by atomic mass is 10.0. The van der Waals surface area contributed by atoms with Gasteiger partial charge in [-0.3, -0.25) is 0 Å². The van der Waals surface area contributed by atoms with Crippen LogP contribution in [0.25, 0.3) is 0 Å². The first kappa shape index (κ1) is 11.2. The molecule has 0 amide bonds. The number of nitrogens with zero attached hydrogens (tertiary/aromatic N) is 1. The summed E-state index contributed by atoms with van der Waals surface area (Å²) in [7, 11) is 0. The molecule has 2 nitrogen and oxygen atoms in total. The molecule has 2 heteroatoms. The maximum Gasteiger partial charge on any atom is 0.132 e. The van der Waals surface area contributed by atoms with Gasteiger partial charge in [0.25, 0.3) is 0 Å². The Balaban J connectivity index is 1.81. The van der Waals surface area contributed by atoms with Gasteiger partial charge in [0.15, 0.2) is 0 Å². The van der Waals surface area contributed by atoms with Crippen LogP contribution in [-0.2, 0) is 11.3 Å². The molecule has 0 saturated carbocycles. The molecule has 0 fully saturated rings. The molecule has 1 aliphatic heterocycles. The van der Waals surface area contributed by atoms with E-state index in [0.29, 0.717) is 6.10 Å². The van der Waals surface area contributed by atoms with Crippen LogP contribution >= 0.6 is 0 Å². The highest BCUT2D eigenvalue weighted by atomic mass is 16.6. The number of hydrogen-bond acceptors (Lipinski definition) is 2. The fraction of sp³-hybridized carbons (Fsp3) is 0.500. The van der Waals surface area contributed by atoms with Gasteiger partial charge < -0.3 is 4.84 Å². The maximum absolute atomic E-state index is 5.43. The second-order valence-corrected chi connectivity index (χ2v) is 4.39. The highest BCUT2D eigenvalue weighted by Gasteiger charge is 2.20. The predicted octanol–water partition coefficient (Wildman–Crippen LogP) is 3.56. The van der Waals surface area contributed by atoms with Gasteiger partial charge in [-0.2, -0.15) is 0 Å². The van der Waals surface area contributed by atoms with Gasteiger partial charge in [0.2, 0.25) is 0 Å². The van der Waals surface area contributed by atoms with Gasteiger partial charge in [-0.15, -0.1) is 0 Å². The molecule has 1 atom stereocenters. The van der Waals surface area contributed by atoms with Crippen LogP contribution in [0.5, 0.6) is 0 Å².